The predicted molar refractivity (Wildman–Crippen MR) is 107 cm³/mol. The van der Waals surface area contributed by atoms with Gasteiger partial charge in [0, 0.05) is 18.9 Å². The standard InChI is InChI=1S/C19H20N4O6S/c1-27-12-4-3-11(7-13(12)28-2)8-22-15-14(29-19(30)21-6-5-20-10-21)9-23(18(25)26)16(15)17(22)24/h3-7,10,14-16H,8-9H2,1-2H3,(H,25,26)/t14-,15+,16-/m0/s1. The summed E-state index contributed by atoms with van der Waals surface area (Å²) < 4.78 is 18.0. The van der Waals surface area contributed by atoms with Crippen molar-refractivity contribution in [3.05, 3.63) is 42.5 Å². The van der Waals surface area contributed by atoms with Crippen LogP contribution in [0, 0.1) is 0 Å². The average Bonchev–Trinajstić information content (AvgIpc) is 3.38. The molecule has 0 bridgehead atoms. The van der Waals surface area contributed by atoms with E-state index in [2.05, 4.69) is 4.98 Å². The van der Waals surface area contributed by atoms with Gasteiger partial charge in [0.2, 0.25) is 5.91 Å². The van der Waals surface area contributed by atoms with Crippen LogP contribution in [0.4, 0.5) is 4.79 Å². The zero-order valence-electron chi connectivity index (χ0n) is 16.3. The zero-order valence-corrected chi connectivity index (χ0v) is 17.1. The maximum atomic E-state index is 12.8. The van der Waals surface area contributed by atoms with E-state index in [-0.39, 0.29) is 24.2 Å². The van der Waals surface area contributed by atoms with Gasteiger partial charge in [-0.1, -0.05) is 6.07 Å². The van der Waals surface area contributed by atoms with Gasteiger partial charge in [0.25, 0.3) is 5.17 Å². The molecule has 1 aromatic carbocycles. The van der Waals surface area contributed by atoms with Gasteiger partial charge in [-0.05, 0) is 29.9 Å². The number of likely N-dealkylation sites (tertiary alicyclic amines) is 2. The van der Waals surface area contributed by atoms with E-state index in [0.717, 1.165) is 10.5 Å². The fourth-order valence-corrected chi connectivity index (χ4v) is 4.14. The maximum absolute atomic E-state index is 12.8. The number of carbonyl (C=O) groups excluding carboxylic acids is 1. The summed E-state index contributed by atoms with van der Waals surface area (Å²) >= 11 is 5.29. The fraction of sp³-hybridized carbons (Fsp3) is 0.368. The van der Waals surface area contributed by atoms with E-state index in [1.54, 1.807) is 36.5 Å². The van der Waals surface area contributed by atoms with Crippen LogP contribution in [-0.4, -0.2) is 80.6 Å². The minimum Gasteiger partial charge on any atom is -0.493 e. The van der Waals surface area contributed by atoms with Crippen LogP contribution in [0.2, 0.25) is 0 Å². The van der Waals surface area contributed by atoms with Crippen molar-refractivity contribution in [1.29, 1.82) is 0 Å². The van der Waals surface area contributed by atoms with Crippen molar-refractivity contribution in [1.82, 2.24) is 19.4 Å². The number of nitrogens with zero attached hydrogens (tertiary/aromatic N) is 4. The van der Waals surface area contributed by atoms with Crippen molar-refractivity contribution in [2.75, 3.05) is 20.8 Å². The molecule has 0 radical (unpaired) electrons. The highest BCUT2D eigenvalue weighted by Crippen LogP contribution is 2.38. The molecule has 3 heterocycles. The normalized spacial score (nSPS) is 22.3. The molecule has 158 valence electrons. The second kappa shape index (κ2) is 7.82. The van der Waals surface area contributed by atoms with Gasteiger partial charge in [0.1, 0.15) is 24.5 Å². The van der Waals surface area contributed by atoms with Crippen LogP contribution in [0.25, 0.3) is 0 Å². The molecular formula is C19H20N4O6S. The highest BCUT2D eigenvalue weighted by molar-refractivity contribution is 7.80. The van der Waals surface area contributed by atoms with Crippen LogP contribution in [-0.2, 0) is 16.1 Å². The number of aromatic nitrogens is 2. The Balaban J connectivity index is 1.55. The molecule has 11 heteroatoms. The van der Waals surface area contributed by atoms with Gasteiger partial charge in [-0.3, -0.25) is 14.3 Å². The molecule has 0 spiro atoms. The molecular weight excluding hydrogens is 412 g/mol. The van der Waals surface area contributed by atoms with Gasteiger partial charge in [-0.15, -0.1) is 0 Å². The Morgan fingerprint density at radius 3 is 2.70 bits per heavy atom. The molecule has 2 saturated heterocycles. The summed E-state index contributed by atoms with van der Waals surface area (Å²) in [6.07, 6.45) is 2.95. The molecule has 10 nitrogen and oxygen atoms in total. The lowest BCUT2D eigenvalue weighted by atomic mass is 9.93. The number of methoxy groups -OCH3 is 2. The summed E-state index contributed by atoms with van der Waals surface area (Å²) in [5.74, 6) is 0.864. The first kappa shape index (κ1) is 20.0. The van der Waals surface area contributed by atoms with E-state index in [1.807, 2.05) is 6.07 Å². The van der Waals surface area contributed by atoms with Gasteiger partial charge in [0.15, 0.2) is 11.5 Å². The van der Waals surface area contributed by atoms with E-state index in [9.17, 15) is 14.7 Å². The molecule has 0 unspecified atom stereocenters. The van der Waals surface area contributed by atoms with Crippen molar-refractivity contribution in [3.8, 4) is 11.5 Å². The Bertz CT molecular complexity index is 981. The third kappa shape index (κ3) is 3.30. The Morgan fingerprint density at radius 1 is 1.30 bits per heavy atom. The molecule has 1 aromatic heterocycles. The third-order valence-corrected chi connectivity index (χ3v) is 5.63. The van der Waals surface area contributed by atoms with Gasteiger partial charge in [0.05, 0.1) is 20.8 Å². The van der Waals surface area contributed by atoms with E-state index in [4.69, 9.17) is 26.4 Å². The summed E-state index contributed by atoms with van der Waals surface area (Å²) in [7, 11) is 3.08. The number of hydrogen-bond acceptors (Lipinski definition) is 7. The number of amides is 2. The Kier molecular flexibility index (Phi) is 5.20. The molecule has 2 aliphatic rings. The first-order valence-corrected chi connectivity index (χ1v) is 9.55. The van der Waals surface area contributed by atoms with Gasteiger partial charge in [-0.25, -0.2) is 9.78 Å². The lowest BCUT2D eigenvalue weighted by molar-refractivity contribution is -0.156. The highest BCUT2D eigenvalue weighted by atomic mass is 32.1. The van der Waals surface area contributed by atoms with Crippen molar-refractivity contribution < 1.29 is 28.9 Å². The van der Waals surface area contributed by atoms with Crippen LogP contribution in [0.15, 0.2) is 36.9 Å². The van der Waals surface area contributed by atoms with E-state index < -0.39 is 24.3 Å². The van der Waals surface area contributed by atoms with Gasteiger partial charge >= 0.3 is 6.09 Å². The first-order valence-electron chi connectivity index (χ1n) is 9.14. The molecule has 2 aliphatic heterocycles. The zero-order chi connectivity index (χ0) is 21.4. The Morgan fingerprint density at radius 2 is 2.07 bits per heavy atom. The highest BCUT2D eigenvalue weighted by Gasteiger charge is 2.61. The summed E-state index contributed by atoms with van der Waals surface area (Å²) in [5, 5.41) is 9.66. The van der Waals surface area contributed by atoms with Crippen LogP contribution in [0.5, 0.6) is 11.5 Å². The molecule has 0 aliphatic carbocycles. The van der Waals surface area contributed by atoms with Gasteiger partial charge < -0.3 is 24.2 Å². The van der Waals surface area contributed by atoms with Crippen molar-refractivity contribution in [3.63, 3.8) is 0 Å². The number of carboxylic acid groups (broad SMARTS) is 1. The van der Waals surface area contributed by atoms with Crippen LogP contribution >= 0.6 is 12.2 Å². The number of fused-ring (bicyclic) bond motifs is 1. The number of carbonyl (C=O) groups is 2. The van der Waals surface area contributed by atoms with E-state index in [1.165, 1.54) is 18.0 Å². The molecule has 30 heavy (non-hydrogen) atoms. The maximum Gasteiger partial charge on any atom is 0.408 e. The van der Waals surface area contributed by atoms with E-state index in [0.29, 0.717) is 11.5 Å². The van der Waals surface area contributed by atoms with Crippen molar-refractivity contribution in [2.24, 2.45) is 0 Å². The fourth-order valence-electron chi connectivity index (χ4n) is 3.91. The minimum absolute atomic E-state index is 0.0493. The number of β-lactam (4-membered cyclic amide) rings is 1. The summed E-state index contributed by atoms with van der Waals surface area (Å²) in [4.78, 5) is 31.0. The predicted octanol–water partition coefficient (Wildman–Crippen LogP) is 1.19. The van der Waals surface area contributed by atoms with Gasteiger partial charge in [-0.2, -0.15) is 0 Å². The quantitative estimate of drug-likeness (QED) is 0.555. The lowest BCUT2D eigenvalue weighted by Crippen LogP contribution is -2.68. The molecule has 0 saturated carbocycles. The number of thiocarbonyl (C=S) groups is 1. The van der Waals surface area contributed by atoms with Crippen molar-refractivity contribution >= 4 is 29.4 Å². The number of hydrogen-bond donors (Lipinski definition) is 1. The molecule has 4 rings (SSSR count). The topological polar surface area (TPSA) is 106 Å². The first-order chi connectivity index (χ1) is 14.4. The lowest BCUT2D eigenvalue weighted by Gasteiger charge is -2.46. The summed E-state index contributed by atoms with van der Waals surface area (Å²) in [5.41, 5.74) is 0.823. The number of imidazole rings is 1. The van der Waals surface area contributed by atoms with Crippen LogP contribution < -0.4 is 9.47 Å². The molecule has 2 fully saturated rings. The van der Waals surface area contributed by atoms with Crippen LogP contribution in [0.3, 0.4) is 0 Å². The number of benzene rings is 1. The second-order valence-corrected chi connectivity index (χ2v) is 7.27. The second-order valence-electron chi connectivity index (χ2n) is 6.92. The number of rotatable bonds is 5. The average molecular weight is 432 g/mol. The summed E-state index contributed by atoms with van der Waals surface area (Å²) in [6, 6.07) is 4.16. The molecule has 1 N–H and O–H groups in total. The van der Waals surface area contributed by atoms with Crippen LogP contribution in [0.1, 0.15) is 5.56 Å². The summed E-state index contributed by atoms with van der Waals surface area (Å²) in [6.45, 7) is 0.333. The SMILES string of the molecule is COc1ccc(CN2C(=O)[C@@H]3[C@H]2[C@@H](OC(=S)n2ccnc2)CN3C(=O)O)cc1OC. The smallest absolute Gasteiger partial charge is 0.408 e. The monoisotopic (exact) mass is 432 g/mol. The van der Waals surface area contributed by atoms with Crippen molar-refractivity contribution in [2.45, 2.75) is 24.7 Å². The third-order valence-electron chi connectivity index (χ3n) is 5.33. The number of ether oxygens (including phenoxy) is 3. The molecule has 3 atom stereocenters. The Labute approximate surface area is 177 Å². The Hall–Kier alpha value is -3.34. The molecule has 2 amide bonds. The van der Waals surface area contributed by atoms with E-state index >= 15 is 0 Å². The minimum atomic E-state index is -1.16. The molecule has 2 aromatic rings. The largest absolute Gasteiger partial charge is 0.493 e.